The van der Waals surface area contributed by atoms with Gasteiger partial charge in [0, 0.05) is 0 Å². The average Bonchev–Trinajstić information content (AvgIpc) is 2.44. The van der Waals surface area contributed by atoms with E-state index in [1.165, 1.54) is 37.9 Å². The molecule has 4 rings (SSSR count). The van der Waals surface area contributed by atoms with Gasteiger partial charge < -0.3 is 0 Å². The van der Waals surface area contributed by atoms with Gasteiger partial charge in [-0.05, 0) is 37.9 Å². The van der Waals surface area contributed by atoms with Crippen molar-refractivity contribution in [1.29, 1.82) is 0 Å². The second-order valence-electron chi connectivity index (χ2n) is 4.71. The Balaban J connectivity index is 2.43. The van der Waals surface area contributed by atoms with Gasteiger partial charge in [-0.3, -0.25) is 0 Å². The van der Waals surface area contributed by atoms with Crippen LogP contribution in [0.3, 0.4) is 0 Å². The van der Waals surface area contributed by atoms with Crippen LogP contribution in [0.5, 0.6) is 0 Å². The smallest absolute Gasteiger partial charge is 0.00208 e. The molecule has 4 aromatic carbocycles. The Morgan fingerprint density at radius 2 is 1.28 bits per heavy atom. The minimum absolute atomic E-state index is 1.21. The van der Waals surface area contributed by atoms with Crippen LogP contribution in [-0.4, -0.2) is 0 Å². The van der Waals surface area contributed by atoms with E-state index in [2.05, 4.69) is 61.2 Å². The van der Waals surface area contributed by atoms with Gasteiger partial charge in [0.1, 0.15) is 0 Å². The van der Waals surface area contributed by atoms with E-state index in [4.69, 9.17) is 0 Å². The van der Waals surface area contributed by atoms with Crippen molar-refractivity contribution in [3.8, 4) is 0 Å². The van der Waals surface area contributed by atoms with Gasteiger partial charge >= 0.3 is 0 Å². The monoisotopic (exact) mass is 228 g/mol. The summed E-state index contributed by atoms with van der Waals surface area (Å²) in [6, 6.07) is 19.6. The first-order valence-electron chi connectivity index (χ1n) is 6.17. The Hall–Kier alpha value is -2.34. The topological polar surface area (TPSA) is 0 Å². The highest BCUT2D eigenvalue weighted by molar-refractivity contribution is 6.24. The fourth-order valence-corrected chi connectivity index (χ4v) is 2.94. The summed E-state index contributed by atoms with van der Waals surface area (Å²) >= 11 is 0. The first kappa shape index (κ1) is 9.67. The van der Waals surface area contributed by atoms with Crippen molar-refractivity contribution in [2.24, 2.45) is 0 Å². The van der Waals surface area contributed by atoms with E-state index in [-0.39, 0.29) is 0 Å². The van der Waals surface area contributed by atoms with E-state index in [0.29, 0.717) is 0 Å². The highest BCUT2D eigenvalue weighted by Gasteiger charge is 2.08. The molecular formula is C18H12. The molecule has 84 valence electrons. The summed E-state index contributed by atoms with van der Waals surface area (Å²) < 4.78 is 0. The van der Waals surface area contributed by atoms with Gasteiger partial charge in [0.25, 0.3) is 0 Å². The fraction of sp³-hybridized carbons (Fsp3) is 0. The lowest BCUT2D eigenvalue weighted by molar-refractivity contribution is 1.75. The van der Waals surface area contributed by atoms with Crippen molar-refractivity contribution in [2.75, 3.05) is 0 Å². The van der Waals surface area contributed by atoms with Crippen molar-refractivity contribution in [3.05, 3.63) is 66.7 Å². The summed E-state index contributed by atoms with van der Waals surface area (Å²) in [7, 11) is 0. The highest BCUT2D eigenvalue weighted by atomic mass is 14.1. The molecule has 0 saturated heterocycles. The van der Waals surface area contributed by atoms with Gasteiger partial charge in [0.05, 0.1) is 0 Å². The largest absolute Gasteiger partial charge is 0.0984 e. The first-order valence-corrected chi connectivity index (χ1v) is 6.17. The predicted molar refractivity (Wildman–Crippen MR) is 80.2 cm³/mol. The summed E-state index contributed by atoms with van der Waals surface area (Å²) in [5, 5.41) is 7.96. The fourth-order valence-electron chi connectivity index (χ4n) is 2.94. The van der Waals surface area contributed by atoms with Gasteiger partial charge in [-0.2, -0.15) is 0 Å². The molecule has 0 heteroatoms. The lowest BCUT2D eigenvalue weighted by Gasteiger charge is -2.12. The van der Waals surface area contributed by atoms with Crippen molar-refractivity contribution in [1.82, 2.24) is 0 Å². The molecule has 0 bridgehead atoms. The van der Waals surface area contributed by atoms with Gasteiger partial charge in [0.15, 0.2) is 0 Å². The Bertz CT molecular complexity index is 868. The van der Waals surface area contributed by atoms with Gasteiger partial charge in [-0.15, -0.1) is 0 Å². The minimum Gasteiger partial charge on any atom is -0.0984 e. The number of rotatable bonds is 1. The van der Waals surface area contributed by atoms with Crippen LogP contribution in [0.1, 0.15) is 5.56 Å². The van der Waals surface area contributed by atoms with Crippen molar-refractivity contribution >= 4 is 38.4 Å². The maximum Gasteiger partial charge on any atom is -0.00208 e. The van der Waals surface area contributed by atoms with Crippen LogP contribution in [0.25, 0.3) is 38.4 Å². The Labute approximate surface area is 105 Å². The maximum atomic E-state index is 3.91. The molecule has 0 heterocycles. The maximum absolute atomic E-state index is 3.91. The van der Waals surface area contributed by atoms with E-state index in [1.807, 2.05) is 6.08 Å². The molecule has 0 saturated carbocycles. The minimum atomic E-state index is 1.21. The van der Waals surface area contributed by atoms with E-state index in [9.17, 15) is 0 Å². The third kappa shape index (κ3) is 1.10. The van der Waals surface area contributed by atoms with E-state index >= 15 is 0 Å². The lowest BCUT2D eigenvalue weighted by atomic mass is 9.92. The molecule has 0 aromatic heterocycles. The zero-order valence-electron chi connectivity index (χ0n) is 9.98. The van der Waals surface area contributed by atoms with Gasteiger partial charge in [0.2, 0.25) is 0 Å². The first-order chi connectivity index (χ1) is 8.88. The molecule has 0 spiro atoms. The average molecular weight is 228 g/mol. The molecule has 0 radical (unpaired) electrons. The van der Waals surface area contributed by atoms with Crippen LogP contribution in [0, 0.1) is 0 Å². The quantitative estimate of drug-likeness (QED) is 0.391. The van der Waals surface area contributed by atoms with Crippen LogP contribution >= 0.6 is 0 Å². The molecule has 0 aliphatic heterocycles. The number of hydrogen-bond acceptors (Lipinski definition) is 0. The zero-order chi connectivity index (χ0) is 12.1. The summed E-state index contributed by atoms with van der Waals surface area (Å²) in [6.07, 6.45) is 1.94. The molecule has 0 atom stereocenters. The molecule has 0 nitrogen and oxygen atoms in total. The van der Waals surface area contributed by atoms with Gasteiger partial charge in [-0.25, -0.2) is 0 Å². The van der Waals surface area contributed by atoms with Crippen molar-refractivity contribution < 1.29 is 0 Å². The third-order valence-corrected chi connectivity index (χ3v) is 3.78. The van der Waals surface area contributed by atoms with Gasteiger partial charge in [-0.1, -0.05) is 67.3 Å². The molecule has 4 aromatic rings. The van der Waals surface area contributed by atoms with E-state index in [1.54, 1.807) is 0 Å². The van der Waals surface area contributed by atoms with E-state index < -0.39 is 0 Å². The van der Waals surface area contributed by atoms with Crippen molar-refractivity contribution in [2.45, 2.75) is 0 Å². The number of hydrogen-bond donors (Lipinski definition) is 0. The van der Waals surface area contributed by atoms with Crippen LogP contribution < -0.4 is 0 Å². The second kappa shape index (κ2) is 3.33. The second-order valence-corrected chi connectivity index (χ2v) is 4.71. The standard InChI is InChI=1S/C18H12/c1-2-12-6-7-15-9-8-13-4-3-5-14-10-11-16(12)18(15)17(13)14/h2-11H,1H2. The number of benzene rings is 4. The molecule has 0 amide bonds. The summed E-state index contributed by atoms with van der Waals surface area (Å²) in [6.45, 7) is 3.91. The van der Waals surface area contributed by atoms with Crippen LogP contribution in [0.4, 0.5) is 0 Å². The summed E-state index contributed by atoms with van der Waals surface area (Å²) in [4.78, 5) is 0. The van der Waals surface area contributed by atoms with Crippen molar-refractivity contribution in [3.63, 3.8) is 0 Å². The molecule has 0 N–H and O–H groups in total. The molecule has 0 aliphatic rings. The highest BCUT2D eigenvalue weighted by Crippen LogP contribution is 2.35. The normalized spacial score (nSPS) is 11.6. The molecule has 0 aliphatic carbocycles. The molecule has 18 heavy (non-hydrogen) atoms. The van der Waals surface area contributed by atoms with Crippen LogP contribution in [0.2, 0.25) is 0 Å². The lowest BCUT2D eigenvalue weighted by Crippen LogP contribution is -1.85. The molecule has 0 unspecified atom stereocenters. The Kier molecular flexibility index (Phi) is 1.79. The predicted octanol–water partition coefficient (Wildman–Crippen LogP) is 5.23. The summed E-state index contributed by atoms with van der Waals surface area (Å²) in [5.74, 6) is 0. The van der Waals surface area contributed by atoms with Crippen LogP contribution in [0.15, 0.2) is 61.2 Å². The SMILES string of the molecule is C=Cc1ccc2ccc3cccc4ccc1c2c34. The molecule has 0 fully saturated rings. The molecular weight excluding hydrogens is 216 g/mol. The Morgan fingerprint density at radius 3 is 2.00 bits per heavy atom. The Morgan fingerprint density at radius 1 is 0.667 bits per heavy atom. The summed E-state index contributed by atoms with van der Waals surface area (Å²) in [5.41, 5.74) is 1.21. The van der Waals surface area contributed by atoms with Crippen LogP contribution in [-0.2, 0) is 0 Å². The zero-order valence-corrected chi connectivity index (χ0v) is 9.98. The third-order valence-electron chi connectivity index (χ3n) is 3.78. The van der Waals surface area contributed by atoms with E-state index in [0.717, 1.165) is 0 Å².